The zero-order chi connectivity index (χ0) is 14.5. The van der Waals surface area contributed by atoms with E-state index in [1.165, 1.54) is 11.1 Å². The molecule has 0 saturated heterocycles. The van der Waals surface area contributed by atoms with Gasteiger partial charge in [-0.05, 0) is 17.5 Å². The maximum Gasteiger partial charge on any atom is 0.208 e. The summed E-state index contributed by atoms with van der Waals surface area (Å²) in [6, 6.07) is 8.56. The van der Waals surface area contributed by atoms with E-state index in [1.807, 2.05) is 19.0 Å². The number of benzene rings is 1. The third-order valence-corrected chi connectivity index (χ3v) is 5.32. The third-order valence-electron chi connectivity index (χ3n) is 2.98. The van der Waals surface area contributed by atoms with Gasteiger partial charge in [-0.2, -0.15) is 0 Å². The van der Waals surface area contributed by atoms with Crippen LogP contribution < -0.4 is 10.6 Å². The van der Waals surface area contributed by atoms with Crippen molar-refractivity contribution in [3.05, 3.63) is 35.4 Å². The summed E-state index contributed by atoms with van der Waals surface area (Å²) in [6.45, 7) is 2.16. The van der Waals surface area contributed by atoms with Crippen LogP contribution in [-0.4, -0.2) is 30.0 Å². The van der Waals surface area contributed by atoms with E-state index in [9.17, 15) is 0 Å². The molecule has 20 heavy (non-hydrogen) atoms. The summed E-state index contributed by atoms with van der Waals surface area (Å²) in [5.74, 6) is 0.813. The first-order valence-electron chi connectivity index (χ1n) is 6.58. The lowest BCUT2D eigenvalue weighted by Crippen LogP contribution is -2.12. The van der Waals surface area contributed by atoms with Crippen LogP contribution in [0, 0.1) is 0 Å². The lowest BCUT2D eigenvalue weighted by molar-refractivity contribution is 0.828. The first kappa shape index (κ1) is 15.3. The molecule has 0 radical (unpaired) electrons. The van der Waals surface area contributed by atoms with Crippen molar-refractivity contribution >= 4 is 28.2 Å². The highest BCUT2D eigenvalue weighted by molar-refractivity contribution is 8.01. The summed E-state index contributed by atoms with van der Waals surface area (Å²) < 4.78 is 0.967. The Morgan fingerprint density at radius 3 is 2.50 bits per heavy atom. The van der Waals surface area contributed by atoms with Crippen molar-refractivity contribution in [2.24, 2.45) is 5.73 Å². The van der Waals surface area contributed by atoms with Crippen molar-refractivity contribution < 1.29 is 0 Å². The zero-order valence-electron chi connectivity index (χ0n) is 12.0. The molecule has 0 amide bonds. The zero-order valence-corrected chi connectivity index (χ0v) is 13.7. The second-order valence-electron chi connectivity index (χ2n) is 4.76. The highest BCUT2D eigenvalue weighted by Crippen LogP contribution is 2.29. The average molecular weight is 308 g/mol. The van der Waals surface area contributed by atoms with Crippen molar-refractivity contribution in [3.8, 4) is 0 Å². The van der Waals surface area contributed by atoms with E-state index < -0.39 is 0 Å². The van der Waals surface area contributed by atoms with Crippen LogP contribution in [0.4, 0.5) is 5.13 Å². The van der Waals surface area contributed by atoms with Crippen molar-refractivity contribution in [1.29, 1.82) is 0 Å². The van der Waals surface area contributed by atoms with Gasteiger partial charge in [0.2, 0.25) is 5.13 Å². The van der Waals surface area contributed by atoms with Gasteiger partial charge in [-0.3, -0.25) is 0 Å². The fourth-order valence-electron chi connectivity index (χ4n) is 1.70. The van der Waals surface area contributed by atoms with Gasteiger partial charge < -0.3 is 10.6 Å². The Bertz CT molecular complexity index is 536. The number of thioether (sulfide) groups is 1. The molecule has 0 aliphatic carbocycles. The largest absolute Gasteiger partial charge is 0.353 e. The predicted molar refractivity (Wildman–Crippen MR) is 87.7 cm³/mol. The number of aryl methyl sites for hydroxylation is 1. The summed E-state index contributed by atoms with van der Waals surface area (Å²) in [6.07, 6.45) is 1.06. The Morgan fingerprint density at radius 2 is 1.95 bits per heavy atom. The Labute approximate surface area is 128 Å². The van der Waals surface area contributed by atoms with Gasteiger partial charge in [0.25, 0.3) is 0 Å². The molecular formula is C14H20N4S2. The van der Waals surface area contributed by atoms with Crippen LogP contribution in [0.15, 0.2) is 28.6 Å². The standard InChI is InChI=1S/C14H20N4S2/c1-4-10-5-7-11(8-6-10)12(15)9-19-14-17-16-13(20-14)18(2)3/h5-8,12H,4,9,15H2,1-3H3. The maximum absolute atomic E-state index is 6.23. The normalized spacial score (nSPS) is 12.4. The Hall–Kier alpha value is -1.11. The number of nitrogens with zero attached hydrogens (tertiary/aromatic N) is 3. The van der Waals surface area contributed by atoms with Gasteiger partial charge in [-0.15, -0.1) is 10.2 Å². The topological polar surface area (TPSA) is 55.0 Å². The van der Waals surface area contributed by atoms with Gasteiger partial charge in [0, 0.05) is 25.9 Å². The summed E-state index contributed by atoms with van der Waals surface area (Å²) in [7, 11) is 3.94. The number of aromatic nitrogens is 2. The van der Waals surface area contributed by atoms with Gasteiger partial charge in [-0.1, -0.05) is 54.3 Å². The summed E-state index contributed by atoms with van der Waals surface area (Å²) in [5, 5.41) is 9.21. The van der Waals surface area contributed by atoms with Crippen molar-refractivity contribution in [3.63, 3.8) is 0 Å². The van der Waals surface area contributed by atoms with Crippen LogP contribution in [0.5, 0.6) is 0 Å². The van der Waals surface area contributed by atoms with Crippen LogP contribution in [-0.2, 0) is 6.42 Å². The number of nitrogens with two attached hydrogens (primary N) is 1. The number of hydrogen-bond acceptors (Lipinski definition) is 6. The molecule has 0 aliphatic rings. The predicted octanol–water partition coefficient (Wildman–Crippen LogP) is 2.96. The Balaban J connectivity index is 1.91. The van der Waals surface area contributed by atoms with E-state index >= 15 is 0 Å². The van der Waals surface area contributed by atoms with Gasteiger partial charge in [-0.25, -0.2) is 0 Å². The molecule has 1 heterocycles. The lowest BCUT2D eigenvalue weighted by Gasteiger charge is -2.11. The van der Waals surface area contributed by atoms with Crippen molar-refractivity contribution in [1.82, 2.24) is 10.2 Å². The Kier molecular flexibility index (Phi) is 5.39. The lowest BCUT2D eigenvalue weighted by atomic mass is 10.1. The van der Waals surface area contributed by atoms with Crippen molar-refractivity contribution in [2.45, 2.75) is 23.7 Å². The van der Waals surface area contributed by atoms with E-state index in [0.29, 0.717) is 0 Å². The summed E-state index contributed by atoms with van der Waals surface area (Å²) >= 11 is 3.26. The molecule has 0 aliphatic heterocycles. The van der Waals surface area contributed by atoms with Gasteiger partial charge >= 0.3 is 0 Å². The number of rotatable bonds is 6. The molecule has 0 saturated carbocycles. The second kappa shape index (κ2) is 7.06. The minimum Gasteiger partial charge on any atom is -0.353 e. The van der Waals surface area contributed by atoms with E-state index in [-0.39, 0.29) is 6.04 Å². The number of anilines is 1. The molecule has 2 rings (SSSR count). The highest BCUT2D eigenvalue weighted by Gasteiger charge is 2.10. The van der Waals surface area contributed by atoms with Gasteiger partial charge in [0.15, 0.2) is 4.34 Å². The number of hydrogen-bond donors (Lipinski definition) is 1. The quantitative estimate of drug-likeness (QED) is 0.832. The van der Waals surface area contributed by atoms with Crippen LogP contribution in [0.1, 0.15) is 24.1 Å². The van der Waals surface area contributed by atoms with Gasteiger partial charge in [0.1, 0.15) is 0 Å². The molecular weight excluding hydrogens is 288 g/mol. The molecule has 4 nitrogen and oxygen atoms in total. The Morgan fingerprint density at radius 1 is 1.25 bits per heavy atom. The van der Waals surface area contributed by atoms with E-state index in [1.54, 1.807) is 23.1 Å². The smallest absolute Gasteiger partial charge is 0.208 e. The second-order valence-corrected chi connectivity index (χ2v) is 6.98. The molecule has 1 unspecified atom stereocenters. The first-order chi connectivity index (χ1) is 9.60. The van der Waals surface area contributed by atoms with Gasteiger partial charge in [0.05, 0.1) is 0 Å². The monoisotopic (exact) mass is 308 g/mol. The molecule has 1 aromatic carbocycles. The van der Waals surface area contributed by atoms with Crippen LogP contribution >= 0.6 is 23.1 Å². The third kappa shape index (κ3) is 3.94. The fraction of sp³-hybridized carbons (Fsp3) is 0.429. The molecule has 0 spiro atoms. The molecule has 108 valence electrons. The minimum atomic E-state index is 0.0256. The first-order valence-corrected chi connectivity index (χ1v) is 8.38. The van der Waals surface area contributed by atoms with Crippen LogP contribution in [0.25, 0.3) is 0 Å². The molecule has 0 fully saturated rings. The average Bonchev–Trinajstić information content (AvgIpc) is 2.94. The molecule has 2 aromatic rings. The molecule has 1 atom stereocenters. The minimum absolute atomic E-state index is 0.0256. The molecule has 1 aromatic heterocycles. The maximum atomic E-state index is 6.23. The molecule has 0 bridgehead atoms. The van der Waals surface area contributed by atoms with Crippen LogP contribution in [0.2, 0.25) is 0 Å². The molecule has 2 N–H and O–H groups in total. The highest BCUT2D eigenvalue weighted by atomic mass is 32.2. The summed E-state index contributed by atoms with van der Waals surface area (Å²) in [5.41, 5.74) is 8.74. The van der Waals surface area contributed by atoms with E-state index in [4.69, 9.17) is 5.73 Å². The summed E-state index contributed by atoms with van der Waals surface area (Å²) in [4.78, 5) is 1.96. The van der Waals surface area contributed by atoms with Crippen molar-refractivity contribution in [2.75, 3.05) is 24.7 Å². The van der Waals surface area contributed by atoms with E-state index in [0.717, 1.165) is 21.6 Å². The van der Waals surface area contributed by atoms with E-state index in [2.05, 4.69) is 41.4 Å². The molecule has 6 heteroatoms. The fourth-order valence-corrected chi connectivity index (χ4v) is 3.48. The SMILES string of the molecule is CCc1ccc(C(N)CSc2nnc(N(C)C)s2)cc1. The van der Waals surface area contributed by atoms with Crippen LogP contribution in [0.3, 0.4) is 0 Å².